The van der Waals surface area contributed by atoms with Crippen LogP contribution in [0.3, 0.4) is 0 Å². The summed E-state index contributed by atoms with van der Waals surface area (Å²) in [5.41, 5.74) is 0.254. The topological polar surface area (TPSA) is 60.9 Å². The highest BCUT2D eigenvalue weighted by Crippen LogP contribution is 2.50. The SMILES string of the molecule is O=C1CCN(C2CC3(CCN(C(=O)O)C3)C2)CC1. The number of ketones is 1. The molecule has 2 heterocycles. The maximum Gasteiger partial charge on any atom is 0.407 e. The molecule has 3 aliphatic rings. The molecule has 5 nitrogen and oxygen atoms in total. The fourth-order valence-corrected chi connectivity index (χ4v) is 3.77. The number of hydrogen-bond acceptors (Lipinski definition) is 3. The molecule has 0 aromatic carbocycles. The molecule has 0 aromatic heterocycles. The first-order chi connectivity index (χ1) is 8.58. The highest BCUT2D eigenvalue weighted by atomic mass is 16.4. The van der Waals surface area contributed by atoms with Crippen LogP contribution in [0.25, 0.3) is 0 Å². The summed E-state index contributed by atoms with van der Waals surface area (Å²) < 4.78 is 0. The second kappa shape index (κ2) is 4.23. The lowest BCUT2D eigenvalue weighted by Gasteiger charge is -2.50. The van der Waals surface area contributed by atoms with Gasteiger partial charge in [-0.15, -0.1) is 0 Å². The van der Waals surface area contributed by atoms with E-state index >= 15 is 0 Å². The van der Waals surface area contributed by atoms with Crippen molar-refractivity contribution in [2.24, 2.45) is 5.41 Å². The van der Waals surface area contributed by atoms with E-state index in [1.807, 2.05) is 0 Å². The highest BCUT2D eigenvalue weighted by Gasteiger charge is 2.51. The van der Waals surface area contributed by atoms with Crippen LogP contribution in [-0.4, -0.2) is 59.0 Å². The maximum atomic E-state index is 11.2. The van der Waals surface area contributed by atoms with E-state index in [1.54, 1.807) is 4.90 Å². The van der Waals surface area contributed by atoms with Crippen molar-refractivity contribution < 1.29 is 14.7 Å². The van der Waals surface area contributed by atoms with Gasteiger partial charge in [0.15, 0.2) is 0 Å². The van der Waals surface area contributed by atoms with E-state index in [0.717, 1.165) is 32.4 Å². The molecular formula is C13H20N2O3. The second-order valence-corrected chi connectivity index (χ2v) is 6.09. The fraction of sp³-hybridized carbons (Fsp3) is 0.846. The van der Waals surface area contributed by atoms with Gasteiger partial charge in [0.25, 0.3) is 0 Å². The number of piperidine rings is 1. The average molecular weight is 252 g/mol. The zero-order chi connectivity index (χ0) is 12.8. The van der Waals surface area contributed by atoms with Gasteiger partial charge in [-0.25, -0.2) is 4.79 Å². The van der Waals surface area contributed by atoms with Crippen molar-refractivity contribution in [2.75, 3.05) is 26.2 Å². The van der Waals surface area contributed by atoms with Gasteiger partial charge in [-0.2, -0.15) is 0 Å². The monoisotopic (exact) mass is 252 g/mol. The molecule has 1 spiro atoms. The summed E-state index contributed by atoms with van der Waals surface area (Å²) in [7, 11) is 0. The summed E-state index contributed by atoms with van der Waals surface area (Å²) in [6.45, 7) is 3.22. The maximum absolute atomic E-state index is 11.2. The molecule has 3 fully saturated rings. The van der Waals surface area contributed by atoms with Crippen LogP contribution in [0.5, 0.6) is 0 Å². The van der Waals surface area contributed by atoms with Crippen LogP contribution in [0.15, 0.2) is 0 Å². The summed E-state index contributed by atoms with van der Waals surface area (Å²) in [5.74, 6) is 0.387. The number of hydrogen-bond donors (Lipinski definition) is 1. The smallest absolute Gasteiger partial charge is 0.407 e. The standard InChI is InChI=1S/C13H20N2O3/c16-11-1-4-14(5-2-11)10-7-13(8-10)3-6-15(9-13)12(17)18/h10H,1-9H2,(H,17,18). The number of likely N-dealkylation sites (tertiary alicyclic amines) is 2. The highest BCUT2D eigenvalue weighted by molar-refractivity contribution is 5.79. The molecular weight excluding hydrogens is 232 g/mol. The molecule has 0 bridgehead atoms. The van der Waals surface area contributed by atoms with E-state index in [0.29, 0.717) is 37.8 Å². The number of carbonyl (C=O) groups is 2. The molecule has 1 amide bonds. The van der Waals surface area contributed by atoms with Crippen LogP contribution in [0.4, 0.5) is 4.79 Å². The third kappa shape index (κ3) is 2.00. The molecule has 5 heteroatoms. The molecule has 0 radical (unpaired) electrons. The Morgan fingerprint density at radius 3 is 2.44 bits per heavy atom. The number of nitrogens with zero attached hydrogens (tertiary/aromatic N) is 2. The molecule has 2 saturated heterocycles. The van der Waals surface area contributed by atoms with Gasteiger partial charge < -0.3 is 10.0 Å². The Morgan fingerprint density at radius 1 is 1.22 bits per heavy atom. The lowest BCUT2D eigenvalue weighted by atomic mass is 9.64. The summed E-state index contributed by atoms with van der Waals surface area (Å²) in [5, 5.41) is 8.99. The minimum absolute atomic E-state index is 0.254. The quantitative estimate of drug-likeness (QED) is 0.761. The number of carbonyl (C=O) groups excluding carboxylic acids is 1. The molecule has 3 rings (SSSR count). The van der Waals surface area contributed by atoms with Crippen LogP contribution in [0.2, 0.25) is 0 Å². The number of Topliss-reactive ketones (excluding diaryl/α,β-unsaturated/α-hetero) is 1. The summed E-state index contributed by atoms with van der Waals surface area (Å²) in [6.07, 6.45) is 3.87. The van der Waals surface area contributed by atoms with Crippen molar-refractivity contribution in [2.45, 2.75) is 38.1 Å². The van der Waals surface area contributed by atoms with Gasteiger partial charge in [0, 0.05) is 45.1 Å². The third-order valence-electron chi connectivity index (χ3n) is 4.92. The van der Waals surface area contributed by atoms with Gasteiger partial charge >= 0.3 is 6.09 Å². The fourth-order valence-electron chi connectivity index (χ4n) is 3.77. The first-order valence-corrected chi connectivity index (χ1v) is 6.82. The second-order valence-electron chi connectivity index (χ2n) is 6.09. The molecule has 0 atom stereocenters. The predicted molar refractivity (Wildman–Crippen MR) is 65.5 cm³/mol. The largest absolute Gasteiger partial charge is 0.465 e. The Balaban J connectivity index is 1.51. The van der Waals surface area contributed by atoms with E-state index in [4.69, 9.17) is 5.11 Å². The zero-order valence-corrected chi connectivity index (χ0v) is 10.6. The van der Waals surface area contributed by atoms with Gasteiger partial charge in [-0.05, 0) is 24.7 Å². The Bertz CT molecular complexity index is 366. The molecule has 0 aromatic rings. The van der Waals surface area contributed by atoms with Gasteiger partial charge in [0.1, 0.15) is 5.78 Å². The van der Waals surface area contributed by atoms with Gasteiger partial charge in [-0.3, -0.25) is 9.69 Å². The lowest BCUT2D eigenvalue weighted by Crippen LogP contribution is -2.54. The Kier molecular flexibility index (Phi) is 2.81. The molecule has 18 heavy (non-hydrogen) atoms. The Hall–Kier alpha value is -1.10. The first-order valence-electron chi connectivity index (χ1n) is 6.82. The third-order valence-corrected chi connectivity index (χ3v) is 4.92. The zero-order valence-electron chi connectivity index (χ0n) is 10.6. The van der Waals surface area contributed by atoms with Crippen molar-refractivity contribution in [3.05, 3.63) is 0 Å². The van der Waals surface area contributed by atoms with Crippen molar-refractivity contribution >= 4 is 11.9 Å². The summed E-state index contributed by atoms with van der Waals surface area (Å²) in [4.78, 5) is 26.1. The summed E-state index contributed by atoms with van der Waals surface area (Å²) >= 11 is 0. The molecule has 1 N–H and O–H groups in total. The van der Waals surface area contributed by atoms with Crippen LogP contribution in [-0.2, 0) is 4.79 Å². The number of carboxylic acid groups (broad SMARTS) is 1. The van der Waals surface area contributed by atoms with Crippen molar-refractivity contribution in [3.8, 4) is 0 Å². The minimum Gasteiger partial charge on any atom is -0.465 e. The van der Waals surface area contributed by atoms with Gasteiger partial charge in [0.2, 0.25) is 0 Å². The Labute approximate surface area is 107 Å². The number of amides is 1. The van der Waals surface area contributed by atoms with E-state index in [1.165, 1.54) is 0 Å². The van der Waals surface area contributed by atoms with E-state index < -0.39 is 6.09 Å². The van der Waals surface area contributed by atoms with E-state index in [9.17, 15) is 9.59 Å². The van der Waals surface area contributed by atoms with Gasteiger partial charge in [-0.1, -0.05) is 0 Å². The predicted octanol–water partition coefficient (Wildman–Crippen LogP) is 1.18. The lowest BCUT2D eigenvalue weighted by molar-refractivity contribution is -0.123. The molecule has 0 unspecified atom stereocenters. The first kappa shape index (κ1) is 12.0. The normalized spacial score (nSPS) is 37.0. The van der Waals surface area contributed by atoms with Crippen LogP contribution in [0.1, 0.15) is 32.1 Å². The van der Waals surface area contributed by atoms with Gasteiger partial charge in [0.05, 0.1) is 0 Å². The number of rotatable bonds is 1. The van der Waals surface area contributed by atoms with Crippen LogP contribution >= 0.6 is 0 Å². The molecule has 1 aliphatic carbocycles. The van der Waals surface area contributed by atoms with Crippen LogP contribution < -0.4 is 0 Å². The molecule has 1 saturated carbocycles. The van der Waals surface area contributed by atoms with E-state index in [2.05, 4.69) is 4.90 Å². The average Bonchev–Trinajstić information content (AvgIpc) is 2.73. The Morgan fingerprint density at radius 2 is 1.89 bits per heavy atom. The van der Waals surface area contributed by atoms with E-state index in [-0.39, 0.29) is 5.41 Å². The van der Waals surface area contributed by atoms with Crippen molar-refractivity contribution in [1.29, 1.82) is 0 Å². The van der Waals surface area contributed by atoms with Crippen molar-refractivity contribution in [3.63, 3.8) is 0 Å². The van der Waals surface area contributed by atoms with Crippen LogP contribution in [0, 0.1) is 5.41 Å². The summed E-state index contributed by atoms with van der Waals surface area (Å²) in [6, 6.07) is 0.590. The van der Waals surface area contributed by atoms with Crippen molar-refractivity contribution in [1.82, 2.24) is 9.80 Å². The minimum atomic E-state index is -0.779. The molecule has 2 aliphatic heterocycles. The molecule has 100 valence electrons.